The second kappa shape index (κ2) is 9.84. The SMILES string of the molecule is CC[C@H](C)CN1C(=O)[C@H](CC(C)C)NC12CCN(C(=S)Nc1cccc(Cl)c1)CC2. The molecule has 2 aliphatic rings. The van der Waals surface area contributed by atoms with Crippen molar-refractivity contribution in [3.63, 3.8) is 0 Å². The minimum Gasteiger partial charge on any atom is -0.349 e. The van der Waals surface area contributed by atoms with Crippen molar-refractivity contribution in [1.82, 2.24) is 15.1 Å². The van der Waals surface area contributed by atoms with E-state index < -0.39 is 0 Å². The van der Waals surface area contributed by atoms with Gasteiger partial charge in [-0.3, -0.25) is 10.1 Å². The molecule has 2 aliphatic heterocycles. The van der Waals surface area contributed by atoms with Crippen LogP contribution in [0, 0.1) is 11.8 Å². The van der Waals surface area contributed by atoms with Gasteiger partial charge in [0.15, 0.2) is 5.11 Å². The van der Waals surface area contributed by atoms with Gasteiger partial charge in [0.25, 0.3) is 0 Å². The molecule has 2 heterocycles. The molecule has 1 amide bonds. The van der Waals surface area contributed by atoms with Crippen molar-refractivity contribution in [2.24, 2.45) is 11.8 Å². The molecule has 2 N–H and O–H groups in total. The van der Waals surface area contributed by atoms with Crippen LogP contribution in [0.3, 0.4) is 0 Å². The maximum atomic E-state index is 13.3. The number of likely N-dealkylation sites (tertiary alicyclic amines) is 1. The van der Waals surface area contributed by atoms with Gasteiger partial charge in [0, 0.05) is 43.2 Å². The fourth-order valence-electron chi connectivity index (χ4n) is 4.46. The molecule has 7 heteroatoms. The summed E-state index contributed by atoms with van der Waals surface area (Å²) in [6.07, 6.45) is 3.72. The van der Waals surface area contributed by atoms with E-state index in [0.29, 0.717) is 22.0 Å². The molecule has 2 saturated heterocycles. The molecule has 3 rings (SSSR count). The third-order valence-corrected chi connectivity index (χ3v) is 6.97. The summed E-state index contributed by atoms with van der Waals surface area (Å²) in [7, 11) is 0. The topological polar surface area (TPSA) is 47.6 Å². The number of nitrogens with zero attached hydrogens (tertiary/aromatic N) is 2. The highest BCUT2D eigenvalue weighted by Crippen LogP contribution is 2.35. The van der Waals surface area contributed by atoms with Crippen molar-refractivity contribution in [2.75, 3.05) is 25.0 Å². The monoisotopic (exact) mass is 450 g/mol. The summed E-state index contributed by atoms with van der Waals surface area (Å²) >= 11 is 11.7. The van der Waals surface area contributed by atoms with Crippen LogP contribution in [0.25, 0.3) is 0 Å². The Kier molecular flexibility index (Phi) is 7.64. The lowest BCUT2D eigenvalue weighted by atomic mass is 9.94. The molecule has 0 aromatic heterocycles. The lowest BCUT2D eigenvalue weighted by Crippen LogP contribution is -2.60. The number of carbonyl (C=O) groups is 1. The smallest absolute Gasteiger partial charge is 0.241 e. The van der Waals surface area contributed by atoms with E-state index in [9.17, 15) is 4.79 Å². The van der Waals surface area contributed by atoms with E-state index in [1.54, 1.807) is 0 Å². The molecule has 166 valence electrons. The summed E-state index contributed by atoms with van der Waals surface area (Å²) in [6, 6.07) is 7.53. The zero-order valence-corrected chi connectivity index (χ0v) is 20.2. The number of halogens is 1. The number of anilines is 1. The highest BCUT2D eigenvalue weighted by Gasteiger charge is 2.51. The maximum Gasteiger partial charge on any atom is 0.241 e. The summed E-state index contributed by atoms with van der Waals surface area (Å²) in [4.78, 5) is 17.6. The average molecular weight is 451 g/mol. The maximum absolute atomic E-state index is 13.3. The second-order valence-corrected chi connectivity index (χ2v) is 10.1. The number of amides is 1. The van der Waals surface area contributed by atoms with Gasteiger partial charge >= 0.3 is 0 Å². The second-order valence-electron chi connectivity index (χ2n) is 9.25. The van der Waals surface area contributed by atoms with Crippen LogP contribution in [0.4, 0.5) is 5.69 Å². The Labute approximate surface area is 191 Å². The van der Waals surface area contributed by atoms with Gasteiger partial charge < -0.3 is 15.1 Å². The highest BCUT2D eigenvalue weighted by molar-refractivity contribution is 7.80. The van der Waals surface area contributed by atoms with Crippen LogP contribution in [0.1, 0.15) is 53.4 Å². The third-order valence-electron chi connectivity index (χ3n) is 6.38. The molecule has 1 spiro atoms. The number of rotatable bonds is 6. The number of piperidine rings is 1. The van der Waals surface area contributed by atoms with Crippen molar-refractivity contribution in [1.29, 1.82) is 0 Å². The molecule has 0 radical (unpaired) electrons. The molecule has 2 atom stereocenters. The molecule has 0 saturated carbocycles. The molecule has 2 fully saturated rings. The van der Waals surface area contributed by atoms with Crippen LogP contribution in [-0.4, -0.2) is 52.2 Å². The van der Waals surface area contributed by atoms with Gasteiger partial charge in [-0.1, -0.05) is 51.8 Å². The molecular formula is C23H35ClN4OS. The summed E-state index contributed by atoms with van der Waals surface area (Å²) in [5.41, 5.74) is 0.653. The number of hydrogen-bond acceptors (Lipinski definition) is 3. The van der Waals surface area contributed by atoms with Crippen molar-refractivity contribution >= 4 is 40.5 Å². The first kappa shape index (κ1) is 23.3. The van der Waals surface area contributed by atoms with Crippen LogP contribution in [0.5, 0.6) is 0 Å². The first-order valence-electron chi connectivity index (χ1n) is 11.1. The molecule has 30 heavy (non-hydrogen) atoms. The van der Waals surface area contributed by atoms with Crippen LogP contribution in [0.15, 0.2) is 24.3 Å². The molecule has 5 nitrogen and oxygen atoms in total. The summed E-state index contributed by atoms with van der Waals surface area (Å²) in [5.74, 6) is 1.26. The Morgan fingerprint density at radius 2 is 2.03 bits per heavy atom. The van der Waals surface area contributed by atoms with E-state index in [1.165, 1.54) is 0 Å². The van der Waals surface area contributed by atoms with Crippen molar-refractivity contribution in [3.8, 4) is 0 Å². The van der Waals surface area contributed by atoms with E-state index in [-0.39, 0.29) is 17.6 Å². The van der Waals surface area contributed by atoms with Crippen molar-refractivity contribution in [3.05, 3.63) is 29.3 Å². The van der Waals surface area contributed by atoms with Gasteiger partial charge in [0.05, 0.1) is 11.7 Å². The third kappa shape index (κ3) is 5.27. The van der Waals surface area contributed by atoms with Crippen LogP contribution < -0.4 is 10.6 Å². The van der Waals surface area contributed by atoms with Crippen LogP contribution in [0.2, 0.25) is 5.02 Å². The Balaban J connectivity index is 1.68. The Morgan fingerprint density at radius 3 is 2.63 bits per heavy atom. The fraction of sp³-hybridized carbons (Fsp3) is 0.652. The highest BCUT2D eigenvalue weighted by atomic mass is 35.5. The number of benzene rings is 1. The van der Waals surface area contributed by atoms with Crippen molar-refractivity contribution in [2.45, 2.75) is 65.1 Å². The van der Waals surface area contributed by atoms with Gasteiger partial charge in [-0.15, -0.1) is 0 Å². The first-order valence-corrected chi connectivity index (χ1v) is 11.9. The van der Waals surface area contributed by atoms with Gasteiger partial charge in [0.2, 0.25) is 5.91 Å². The summed E-state index contributed by atoms with van der Waals surface area (Å²) < 4.78 is 0. The standard InChI is InChI=1S/C23H35ClN4OS/c1-5-17(4)15-28-21(29)20(13-16(2)3)26-23(28)9-11-27(12-10-23)22(30)25-19-8-6-7-18(24)14-19/h6-8,14,16-17,20,26H,5,9-13,15H2,1-4H3,(H,25,30)/t17-,20-/m0/s1. The first-order chi connectivity index (χ1) is 14.2. The number of hydrogen-bond donors (Lipinski definition) is 2. The Morgan fingerprint density at radius 1 is 1.33 bits per heavy atom. The normalized spacial score (nSPS) is 22.1. The van der Waals surface area contributed by atoms with Gasteiger partial charge in [-0.2, -0.15) is 0 Å². The van der Waals surface area contributed by atoms with Crippen LogP contribution >= 0.6 is 23.8 Å². The largest absolute Gasteiger partial charge is 0.349 e. The Bertz CT molecular complexity index is 763. The lowest BCUT2D eigenvalue weighted by molar-refractivity contribution is -0.134. The zero-order valence-electron chi connectivity index (χ0n) is 18.6. The van der Waals surface area contributed by atoms with E-state index in [4.69, 9.17) is 23.8 Å². The zero-order chi connectivity index (χ0) is 21.9. The van der Waals surface area contributed by atoms with Gasteiger partial charge in [0.1, 0.15) is 0 Å². The van der Waals surface area contributed by atoms with Gasteiger partial charge in [-0.25, -0.2) is 0 Å². The average Bonchev–Trinajstić information content (AvgIpc) is 2.93. The lowest BCUT2D eigenvalue weighted by Gasteiger charge is -2.46. The molecule has 1 aromatic carbocycles. The predicted octanol–water partition coefficient (Wildman–Crippen LogP) is 4.72. The molecule has 0 bridgehead atoms. The van der Waals surface area contributed by atoms with E-state index in [2.05, 4.69) is 48.1 Å². The van der Waals surface area contributed by atoms with Gasteiger partial charge in [-0.05, 0) is 48.7 Å². The molecule has 1 aromatic rings. The van der Waals surface area contributed by atoms with E-state index >= 15 is 0 Å². The summed E-state index contributed by atoms with van der Waals surface area (Å²) in [6.45, 7) is 11.2. The number of carbonyl (C=O) groups excluding carboxylic acids is 1. The minimum atomic E-state index is -0.248. The van der Waals surface area contributed by atoms with E-state index in [1.807, 2.05) is 24.3 Å². The van der Waals surface area contributed by atoms with E-state index in [0.717, 1.165) is 51.0 Å². The predicted molar refractivity (Wildman–Crippen MR) is 129 cm³/mol. The number of thiocarbonyl (C=S) groups is 1. The number of nitrogens with one attached hydrogen (secondary N) is 2. The molecular weight excluding hydrogens is 416 g/mol. The minimum absolute atomic E-state index is 0.0721. The summed E-state index contributed by atoms with van der Waals surface area (Å²) in [5, 5.41) is 8.45. The molecule has 0 unspecified atom stereocenters. The quantitative estimate of drug-likeness (QED) is 0.614. The van der Waals surface area contributed by atoms with Crippen molar-refractivity contribution < 1.29 is 4.79 Å². The molecule has 0 aliphatic carbocycles. The Hall–Kier alpha value is -1.37. The fourth-order valence-corrected chi connectivity index (χ4v) is 4.95. The van der Waals surface area contributed by atoms with Crippen LogP contribution in [-0.2, 0) is 4.79 Å².